The Labute approximate surface area is 183 Å². The second-order valence-corrected chi connectivity index (χ2v) is 10.2. The number of aliphatic hydroxyl groups is 1. The van der Waals surface area contributed by atoms with Gasteiger partial charge < -0.3 is 15.5 Å². The van der Waals surface area contributed by atoms with Gasteiger partial charge in [-0.2, -0.15) is 0 Å². The van der Waals surface area contributed by atoms with Crippen molar-refractivity contribution in [2.24, 2.45) is 5.92 Å². The van der Waals surface area contributed by atoms with E-state index in [2.05, 4.69) is 10.2 Å². The minimum atomic E-state index is -0.893. The van der Waals surface area contributed by atoms with Crippen molar-refractivity contribution in [1.82, 2.24) is 10.2 Å². The number of nitrogens with zero attached hydrogens (tertiary/aromatic N) is 1. The van der Waals surface area contributed by atoms with Crippen LogP contribution in [0.25, 0.3) is 0 Å². The number of hydrogen-bond donors (Lipinski definition) is 3. The van der Waals surface area contributed by atoms with Gasteiger partial charge in [0.05, 0.1) is 5.60 Å². The van der Waals surface area contributed by atoms with Crippen molar-refractivity contribution in [1.29, 1.82) is 0 Å². The first kappa shape index (κ1) is 19.3. The lowest BCUT2D eigenvalue weighted by Gasteiger charge is -2.59. The van der Waals surface area contributed by atoms with Crippen LogP contribution in [0.2, 0.25) is 0 Å². The SMILES string of the molecule is O=C(N[C@@H]1C[C@]23CCN(CC4CC4)[C@H](Cc4ccc(O)cc42)[C@]3(O)C1)c1ccccc1. The molecule has 162 valence electrons. The molecule has 3 fully saturated rings. The maximum atomic E-state index is 12.9. The highest BCUT2D eigenvalue weighted by atomic mass is 16.3. The minimum Gasteiger partial charge on any atom is -0.508 e. The van der Waals surface area contributed by atoms with Gasteiger partial charge in [0, 0.05) is 29.6 Å². The zero-order valence-corrected chi connectivity index (χ0v) is 17.8. The van der Waals surface area contributed by atoms with Crippen molar-refractivity contribution in [2.45, 2.75) is 61.6 Å². The predicted molar refractivity (Wildman–Crippen MR) is 118 cm³/mol. The Hall–Kier alpha value is -2.37. The van der Waals surface area contributed by atoms with E-state index in [1.54, 1.807) is 6.07 Å². The summed E-state index contributed by atoms with van der Waals surface area (Å²) in [5.41, 5.74) is 1.67. The second kappa shape index (κ2) is 6.81. The van der Waals surface area contributed by atoms with Crippen molar-refractivity contribution < 1.29 is 15.0 Å². The predicted octanol–water partition coefficient (Wildman–Crippen LogP) is 2.99. The lowest BCUT2D eigenvalue weighted by Crippen LogP contribution is -2.69. The van der Waals surface area contributed by atoms with Crippen molar-refractivity contribution in [3.8, 4) is 5.75 Å². The van der Waals surface area contributed by atoms with Gasteiger partial charge in [-0.15, -0.1) is 0 Å². The molecule has 1 amide bonds. The summed E-state index contributed by atoms with van der Waals surface area (Å²) >= 11 is 0. The van der Waals surface area contributed by atoms with Gasteiger partial charge >= 0.3 is 0 Å². The number of fused-ring (bicyclic) bond motifs is 1. The van der Waals surface area contributed by atoms with E-state index in [-0.39, 0.29) is 23.7 Å². The number of phenols is 1. The number of nitrogens with one attached hydrogen (secondary N) is 1. The number of amides is 1. The molecular formula is C26H30N2O3. The topological polar surface area (TPSA) is 72.8 Å². The van der Waals surface area contributed by atoms with E-state index >= 15 is 0 Å². The van der Waals surface area contributed by atoms with Crippen molar-refractivity contribution in [2.75, 3.05) is 13.1 Å². The lowest BCUT2D eigenvalue weighted by atomic mass is 9.56. The third kappa shape index (κ3) is 2.94. The number of carbonyl (C=O) groups excluding carboxylic acids is 1. The molecule has 0 aromatic heterocycles. The van der Waals surface area contributed by atoms with Gasteiger partial charge in [-0.05, 0) is 86.4 Å². The van der Waals surface area contributed by atoms with Crippen LogP contribution in [-0.2, 0) is 11.8 Å². The summed E-state index contributed by atoms with van der Waals surface area (Å²) in [5, 5.41) is 25.8. The number of aromatic hydroxyl groups is 1. The highest BCUT2D eigenvalue weighted by molar-refractivity contribution is 5.94. The fourth-order valence-corrected chi connectivity index (χ4v) is 6.79. The summed E-state index contributed by atoms with van der Waals surface area (Å²) in [7, 11) is 0. The van der Waals surface area contributed by atoms with E-state index in [1.165, 1.54) is 18.4 Å². The molecular weight excluding hydrogens is 388 g/mol. The van der Waals surface area contributed by atoms with Crippen LogP contribution in [0.15, 0.2) is 48.5 Å². The lowest BCUT2D eigenvalue weighted by molar-refractivity contribution is -0.131. The smallest absolute Gasteiger partial charge is 0.251 e. The van der Waals surface area contributed by atoms with Gasteiger partial charge in [0.15, 0.2) is 0 Å². The first-order valence-corrected chi connectivity index (χ1v) is 11.6. The van der Waals surface area contributed by atoms with Gasteiger partial charge in [0.1, 0.15) is 5.75 Å². The highest BCUT2D eigenvalue weighted by Crippen LogP contribution is 2.60. The molecule has 2 saturated carbocycles. The van der Waals surface area contributed by atoms with E-state index < -0.39 is 11.0 Å². The first-order chi connectivity index (χ1) is 15.0. The zero-order valence-electron chi connectivity index (χ0n) is 17.8. The summed E-state index contributed by atoms with van der Waals surface area (Å²) in [4.78, 5) is 15.4. The van der Waals surface area contributed by atoms with Gasteiger partial charge in [-0.25, -0.2) is 0 Å². The largest absolute Gasteiger partial charge is 0.508 e. The zero-order chi connectivity index (χ0) is 21.2. The number of hydrogen-bond acceptors (Lipinski definition) is 4. The molecule has 4 atom stereocenters. The standard InChI is InChI=1S/C26H30N2O3/c29-21-9-8-19-12-23-26(31)15-20(27-24(30)18-4-2-1-3-5-18)14-25(26,22(19)13-21)10-11-28(23)16-17-6-7-17/h1-5,8-9,13,17,20,23,29,31H,6-7,10-12,14-16H2,(H,27,30)/t20-,23-,25-,26-/m1/s1. The van der Waals surface area contributed by atoms with E-state index in [4.69, 9.17) is 0 Å². The molecule has 0 spiro atoms. The Morgan fingerprint density at radius 3 is 2.71 bits per heavy atom. The third-order valence-electron chi connectivity index (χ3n) is 8.38. The van der Waals surface area contributed by atoms with Crippen molar-refractivity contribution >= 4 is 5.91 Å². The molecule has 31 heavy (non-hydrogen) atoms. The number of piperidine rings is 1. The molecule has 0 unspecified atom stereocenters. The average Bonchev–Trinajstić information content (AvgIpc) is 3.51. The molecule has 4 aliphatic rings. The van der Waals surface area contributed by atoms with Gasteiger partial charge in [0.2, 0.25) is 0 Å². The summed E-state index contributed by atoms with van der Waals surface area (Å²) in [6.07, 6.45) is 5.54. The van der Waals surface area contributed by atoms with Crippen LogP contribution in [0.3, 0.4) is 0 Å². The van der Waals surface area contributed by atoms with Crippen LogP contribution >= 0.6 is 0 Å². The molecule has 3 N–H and O–H groups in total. The summed E-state index contributed by atoms with van der Waals surface area (Å²) in [5.74, 6) is 0.947. The van der Waals surface area contributed by atoms with Crippen LogP contribution in [-0.4, -0.2) is 51.8 Å². The molecule has 2 aromatic rings. The molecule has 2 aromatic carbocycles. The van der Waals surface area contributed by atoms with Crippen LogP contribution in [0.5, 0.6) is 5.75 Å². The quantitative estimate of drug-likeness (QED) is 0.714. The number of carbonyl (C=O) groups is 1. The second-order valence-electron chi connectivity index (χ2n) is 10.2. The summed E-state index contributed by atoms with van der Waals surface area (Å²) < 4.78 is 0. The average molecular weight is 419 g/mol. The fourth-order valence-electron chi connectivity index (χ4n) is 6.79. The fraction of sp³-hybridized carbons (Fsp3) is 0.500. The van der Waals surface area contributed by atoms with Crippen LogP contribution in [0.4, 0.5) is 0 Å². The Morgan fingerprint density at radius 1 is 1.13 bits per heavy atom. The van der Waals surface area contributed by atoms with Crippen LogP contribution in [0.1, 0.15) is 53.6 Å². The van der Waals surface area contributed by atoms with Crippen molar-refractivity contribution in [3.05, 3.63) is 65.2 Å². The van der Waals surface area contributed by atoms with Gasteiger partial charge in [-0.1, -0.05) is 24.3 Å². The van der Waals surface area contributed by atoms with Gasteiger partial charge in [-0.3, -0.25) is 9.69 Å². The van der Waals surface area contributed by atoms with Crippen LogP contribution in [0, 0.1) is 5.92 Å². The van der Waals surface area contributed by atoms with Crippen molar-refractivity contribution in [3.63, 3.8) is 0 Å². The van der Waals surface area contributed by atoms with Crippen LogP contribution < -0.4 is 5.32 Å². The Kier molecular flexibility index (Phi) is 4.25. The van der Waals surface area contributed by atoms with E-state index in [0.717, 1.165) is 37.4 Å². The molecule has 1 heterocycles. The molecule has 2 bridgehead atoms. The summed E-state index contributed by atoms with van der Waals surface area (Å²) in [6.45, 7) is 2.04. The molecule has 5 nitrogen and oxygen atoms in total. The molecule has 1 aliphatic heterocycles. The van der Waals surface area contributed by atoms with E-state index in [0.29, 0.717) is 18.4 Å². The van der Waals surface area contributed by atoms with E-state index in [1.807, 2.05) is 42.5 Å². The maximum absolute atomic E-state index is 12.9. The Bertz CT molecular complexity index is 1020. The first-order valence-electron chi connectivity index (χ1n) is 11.6. The van der Waals surface area contributed by atoms with E-state index in [9.17, 15) is 15.0 Å². The third-order valence-corrected chi connectivity index (χ3v) is 8.38. The summed E-state index contributed by atoms with van der Waals surface area (Å²) in [6, 6.07) is 15.0. The highest BCUT2D eigenvalue weighted by Gasteiger charge is 2.67. The molecule has 0 radical (unpaired) electrons. The molecule has 3 aliphatic carbocycles. The number of likely N-dealkylation sites (tertiary alicyclic amines) is 1. The monoisotopic (exact) mass is 418 g/mol. The Balaban J connectivity index is 1.36. The van der Waals surface area contributed by atoms with Gasteiger partial charge in [0.25, 0.3) is 5.91 Å². The molecule has 1 saturated heterocycles. The number of phenolic OH excluding ortho intramolecular Hbond substituents is 1. The molecule has 5 heteroatoms. The number of benzene rings is 2. The molecule has 6 rings (SSSR count). The minimum absolute atomic E-state index is 0.0671. The normalized spacial score (nSPS) is 34.1. The maximum Gasteiger partial charge on any atom is 0.251 e. The number of rotatable bonds is 4. The Morgan fingerprint density at radius 2 is 1.94 bits per heavy atom.